The summed E-state index contributed by atoms with van der Waals surface area (Å²) in [5, 5.41) is 4.31. The van der Waals surface area contributed by atoms with Crippen LogP contribution in [0, 0.1) is 5.92 Å². The Morgan fingerprint density at radius 1 is 1.50 bits per heavy atom. The lowest BCUT2D eigenvalue weighted by molar-refractivity contribution is -0.143. The lowest BCUT2D eigenvalue weighted by Gasteiger charge is -2.40. The molecule has 0 aromatic carbocycles. The fraction of sp³-hybridized carbons (Fsp3) is 0.750. The van der Waals surface area contributed by atoms with Gasteiger partial charge in [-0.1, -0.05) is 6.42 Å². The molecule has 1 saturated carbocycles. The zero-order chi connectivity index (χ0) is 15.5. The standard InChI is InChI=1S/C16H25N3O3/c1-18-7-6-12(17-18)10-16(20)19-8-9-22-11-14(19)13-4-3-5-15(13)21-2/h6-7,13-15H,3-5,8-11H2,1-2H3. The summed E-state index contributed by atoms with van der Waals surface area (Å²) >= 11 is 0. The Hall–Kier alpha value is -1.40. The molecule has 1 saturated heterocycles. The number of amides is 1. The Morgan fingerprint density at radius 3 is 3.09 bits per heavy atom. The summed E-state index contributed by atoms with van der Waals surface area (Å²) in [4.78, 5) is 14.7. The first kappa shape index (κ1) is 15.5. The Labute approximate surface area is 131 Å². The van der Waals surface area contributed by atoms with Gasteiger partial charge in [0.2, 0.25) is 5.91 Å². The van der Waals surface area contributed by atoms with Crippen LogP contribution in [0.4, 0.5) is 0 Å². The maximum atomic E-state index is 12.7. The van der Waals surface area contributed by atoms with Gasteiger partial charge >= 0.3 is 0 Å². The van der Waals surface area contributed by atoms with E-state index in [2.05, 4.69) is 5.10 Å². The molecule has 1 amide bonds. The lowest BCUT2D eigenvalue weighted by Crippen LogP contribution is -2.54. The van der Waals surface area contributed by atoms with Gasteiger partial charge in [-0.25, -0.2) is 0 Å². The number of hydrogen-bond donors (Lipinski definition) is 0. The molecule has 2 heterocycles. The second-order valence-electron chi connectivity index (χ2n) is 6.26. The molecule has 6 heteroatoms. The normalized spacial score (nSPS) is 29.0. The maximum absolute atomic E-state index is 12.7. The van der Waals surface area contributed by atoms with Crippen LogP contribution in [0.2, 0.25) is 0 Å². The first-order valence-corrected chi connectivity index (χ1v) is 8.07. The zero-order valence-electron chi connectivity index (χ0n) is 13.4. The highest BCUT2D eigenvalue weighted by molar-refractivity contribution is 5.78. The van der Waals surface area contributed by atoms with Crippen LogP contribution < -0.4 is 0 Å². The van der Waals surface area contributed by atoms with Gasteiger partial charge < -0.3 is 14.4 Å². The molecule has 122 valence electrons. The Bertz CT molecular complexity index is 516. The number of methoxy groups -OCH3 is 1. The van der Waals surface area contributed by atoms with Crippen molar-refractivity contribution in [2.45, 2.75) is 37.8 Å². The molecule has 1 aliphatic heterocycles. The van der Waals surface area contributed by atoms with E-state index in [0.717, 1.165) is 18.5 Å². The van der Waals surface area contributed by atoms with Crippen molar-refractivity contribution in [2.75, 3.05) is 26.9 Å². The largest absolute Gasteiger partial charge is 0.381 e. The third-order valence-electron chi connectivity index (χ3n) is 4.89. The van der Waals surface area contributed by atoms with Crippen molar-refractivity contribution < 1.29 is 14.3 Å². The van der Waals surface area contributed by atoms with Gasteiger partial charge in [-0.2, -0.15) is 5.10 Å². The van der Waals surface area contributed by atoms with Crippen LogP contribution in [0.1, 0.15) is 25.0 Å². The minimum atomic E-state index is 0.136. The fourth-order valence-corrected chi connectivity index (χ4v) is 3.79. The van der Waals surface area contributed by atoms with Crippen molar-refractivity contribution in [3.05, 3.63) is 18.0 Å². The summed E-state index contributed by atoms with van der Waals surface area (Å²) in [7, 11) is 3.64. The van der Waals surface area contributed by atoms with Crippen LogP contribution in [0.5, 0.6) is 0 Å². The third-order valence-corrected chi connectivity index (χ3v) is 4.89. The maximum Gasteiger partial charge on any atom is 0.229 e. The molecule has 3 atom stereocenters. The highest BCUT2D eigenvalue weighted by Gasteiger charge is 2.40. The first-order valence-electron chi connectivity index (χ1n) is 8.07. The lowest BCUT2D eigenvalue weighted by atomic mass is 9.93. The van der Waals surface area contributed by atoms with Crippen LogP contribution >= 0.6 is 0 Å². The highest BCUT2D eigenvalue weighted by Crippen LogP contribution is 2.34. The summed E-state index contributed by atoms with van der Waals surface area (Å²) in [6, 6.07) is 2.04. The average Bonchev–Trinajstić information content (AvgIpc) is 3.15. The smallest absolute Gasteiger partial charge is 0.229 e. The van der Waals surface area contributed by atoms with E-state index in [1.165, 1.54) is 6.42 Å². The number of carbonyl (C=O) groups excluding carboxylic acids is 1. The van der Waals surface area contributed by atoms with Crippen molar-refractivity contribution >= 4 is 5.91 Å². The summed E-state index contributed by atoms with van der Waals surface area (Å²) in [5.74, 6) is 0.534. The van der Waals surface area contributed by atoms with Gasteiger partial charge in [0, 0.05) is 32.8 Å². The summed E-state index contributed by atoms with van der Waals surface area (Å²) in [6.45, 7) is 1.91. The Kier molecular flexibility index (Phi) is 4.78. The minimum absolute atomic E-state index is 0.136. The predicted molar refractivity (Wildman–Crippen MR) is 81.4 cm³/mol. The summed E-state index contributed by atoms with van der Waals surface area (Å²) in [6.07, 6.45) is 5.85. The van der Waals surface area contributed by atoms with Gasteiger partial charge in [-0.15, -0.1) is 0 Å². The molecule has 3 rings (SSSR count). The van der Waals surface area contributed by atoms with Gasteiger partial charge in [0.15, 0.2) is 0 Å². The summed E-state index contributed by atoms with van der Waals surface area (Å²) < 4.78 is 13.0. The summed E-state index contributed by atoms with van der Waals surface area (Å²) in [5.41, 5.74) is 0.826. The van der Waals surface area contributed by atoms with E-state index >= 15 is 0 Å². The Morgan fingerprint density at radius 2 is 2.36 bits per heavy atom. The number of nitrogens with zero attached hydrogens (tertiary/aromatic N) is 3. The fourth-order valence-electron chi connectivity index (χ4n) is 3.79. The molecule has 1 aromatic heterocycles. The molecule has 1 aliphatic carbocycles. The van der Waals surface area contributed by atoms with E-state index in [1.54, 1.807) is 11.8 Å². The van der Waals surface area contributed by atoms with Crippen molar-refractivity contribution in [2.24, 2.45) is 13.0 Å². The molecule has 3 unspecified atom stereocenters. The van der Waals surface area contributed by atoms with E-state index in [1.807, 2.05) is 24.2 Å². The van der Waals surface area contributed by atoms with Gasteiger partial charge in [0.25, 0.3) is 0 Å². The molecule has 0 N–H and O–H groups in total. The molecule has 22 heavy (non-hydrogen) atoms. The van der Waals surface area contributed by atoms with Gasteiger partial charge in [0.1, 0.15) is 0 Å². The first-order chi connectivity index (χ1) is 10.7. The van der Waals surface area contributed by atoms with E-state index in [9.17, 15) is 4.79 Å². The number of aryl methyl sites for hydroxylation is 1. The second-order valence-corrected chi connectivity index (χ2v) is 6.26. The van der Waals surface area contributed by atoms with Gasteiger partial charge in [-0.05, 0) is 18.9 Å². The van der Waals surface area contributed by atoms with Crippen LogP contribution in [0.3, 0.4) is 0 Å². The highest BCUT2D eigenvalue weighted by atomic mass is 16.5. The molecular weight excluding hydrogens is 282 g/mol. The van der Waals surface area contributed by atoms with Crippen molar-refractivity contribution in [1.29, 1.82) is 0 Å². The second kappa shape index (κ2) is 6.79. The van der Waals surface area contributed by atoms with E-state index in [-0.39, 0.29) is 18.1 Å². The van der Waals surface area contributed by atoms with E-state index < -0.39 is 0 Å². The third kappa shape index (κ3) is 3.17. The number of aromatic nitrogens is 2. The monoisotopic (exact) mass is 307 g/mol. The van der Waals surface area contributed by atoms with Crippen molar-refractivity contribution in [3.63, 3.8) is 0 Å². The molecule has 0 bridgehead atoms. The van der Waals surface area contributed by atoms with Crippen LogP contribution in [0.25, 0.3) is 0 Å². The number of ether oxygens (including phenoxy) is 2. The van der Waals surface area contributed by atoms with E-state index in [4.69, 9.17) is 9.47 Å². The number of rotatable bonds is 4. The van der Waals surface area contributed by atoms with Crippen molar-refractivity contribution in [1.82, 2.24) is 14.7 Å². The number of morpholine rings is 1. The number of hydrogen-bond acceptors (Lipinski definition) is 4. The molecule has 0 radical (unpaired) electrons. The molecule has 1 aromatic rings. The SMILES string of the molecule is COC1CCCC1C1COCCN1C(=O)Cc1ccn(C)n1. The number of carbonyl (C=O) groups is 1. The minimum Gasteiger partial charge on any atom is -0.381 e. The molecule has 2 aliphatic rings. The average molecular weight is 307 g/mol. The van der Waals surface area contributed by atoms with E-state index in [0.29, 0.717) is 32.1 Å². The molecule has 2 fully saturated rings. The zero-order valence-corrected chi connectivity index (χ0v) is 13.4. The molecule has 0 spiro atoms. The molecule has 6 nitrogen and oxygen atoms in total. The Balaban J connectivity index is 1.70. The van der Waals surface area contributed by atoms with Gasteiger partial charge in [-0.3, -0.25) is 9.48 Å². The topological polar surface area (TPSA) is 56.6 Å². The predicted octanol–water partition coefficient (Wildman–Crippen LogP) is 1.01. The van der Waals surface area contributed by atoms with Crippen LogP contribution in [0.15, 0.2) is 12.3 Å². The van der Waals surface area contributed by atoms with Crippen LogP contribution in [-0.2, 0) is 27.7 Å². The quantitative estimate of drug-likeness (QED) is 0.833. The molecular formula is C16H25N3O3. The van der Waals surface area contributed by atoms with Crippen LogP contribution in [-0.4, -0.2) is 59.6 Å². The van der Waals surface area contributed by atoms with Crippen molar-refractivity contribution in [3.8, 4) is 0 Å². The van der Waals surface area contributed by atoms with Gasteiger partial charge in [0.05, 0.1) is 37.5 Å².